The van der Waals surface area contributed by atoms with Crippen molar-refractivity contribution < 1.29 is 4.74 Å². The standard InChI is InChI=1S/C14H13NOS2/c1-16-12-7-8-13-14(9-12)18-15(17-13)10-11-5-3-2-4-6-11/h2-9H,10H2,1H3. The molecule has 2 aromatic rings. The molecule has 0 radical (unpaired) electrons. The van der Waals surface area contributed by atoms with E-state index in [1.54, 1.807) is 31.0 Å². The molecule has 92 valence electrons. The molecule has 18 heavy (non-hydrogen) atoms. The van der Waals surface area contributed by atoms with Gasteiger partial charge in [0.25, 0.3) is 0 Å². The van der Waals surface area contributed by atoms with E-state index in [4.69, 9.17) is 4.74 Å². The van der Waals surface area contributed by atoms with E-state index in [9.17, 15) is 0 Å². The smallest absolute Gasteiger partial charge is 0.120 e. The van der Waals surface area contributed by atoms with E-state index < -0.39 is 0 Å². The van der Waals surface area contributed by atoms with Gasteiger partial charge in [-0.1, -0.05) is 30.3 Å². The zero-order chi connectivity index (χ0) is 12.4. The summed E-state index contributed by atoms with van der Waals surface area (Å²) in [5.41, 5.74) is 1.33. The molecule has 0 bridgehead atoms. The molecule has 0 spiro atoms. The fraction of sp³-hybridized carbons (Fsp3) is 0.143. The minimum absolute atomic E-state index is 0.920. The Morgan fingerprint density at radius 1 is 1.00 bits per heavy atom. The topological polar surface area (TPSA) is 12.5 Å². The fourth-order valence-corrected chi connectivity index (χ4v) is 4.12. The Hall–Kier alpha value is -1.10. The molecule has 0 N–H and O–H groups in total. The van der Waals surface area contributed by atoms with Crippen molar-refractivity contribution in [3.63, 3.8) is 0 Å². The van der Waals surface area contributed by atoms with Crippen LogP contribution in [0.2, 0.25) is 0 Å². The first kappa shape index (κ1) is 12.0. The first-order valence-corrected chi connectivity index (χ1v) is 7.25. The van der Waals surface area contributed by atoms with Crippen molar-refractivity contribution in [1.82, 2.24) is 3.71 Å². The molecule has 0 saturated carbocycles. The third-order valence-electron chi connectivity index (χ3n) is 2.71. The van der Waals surface area contributed by atoms with Crippen LogP contribution in [-0.2, 0) is 6.54 Å². The van der Waals surface area contributed by atoms with Crippen molar-refractivity contribution in [3.05, 3.63) is 54.1 Å². The maximum Gasteiger partial charge on any atom is 0.120 e. The van der Waals surface area contributed by atoms with Crippen LogP contribution >= 0.6 is 23.9 Å². The van der Waals surface area contributed by atoms with Crippen LogP contribution < -0.4 is 4.74 Å². The molecule has 0 saturated heterocycles. The number of hydrogen-bond acceptors (Lipinski definition) is 4. The Balaban J connectivity index is 1.73. The van der Waals surface area contributed by atoms with Crippen molar-refractivity contribution >= 4 is 23.9 Å². The van der Waals surface area contributed by atoms with E-state index in [1.165, 1.54) is 15.4 Å². The van der Waals surface area contributed by atoms with Gasteiger partial charge in [-0.2, -0.15) is 3.71 Å². The molecule has 0 aliphatic carbocycles. The summed E-state index contributed by atoms with van der Waals surface area (Å²) in [5.74, 6) is 0.920. The van der Waals surface area contributed by atoms with Gasteiger partial charge in [-0.3, -0.25) is 0 Å². The van der Waals surface area contributed by atoms with Gasteiger partial charge in [0.1, 0.15) is 5.75 Å². The lowest BCUT2D eigenvalue weighted by Gasteiger charge is -2.11. The highest BCUT2D eigenvalue weighted by Crippen LogP contribution is 2.48. The summed E-state index contributed by atoms with van der Waals surface area (Å²) in [6.45, 7) is 0.938. The predicted molar refractivity (Wildman–Crippen MR) is 76.7 cm³/mol. The van der Waals surface area contributed by atoms with E-state index in [0.717, 1.165) is 12.3 Å². The van der Waals surface area contributed by atoms with E-state index in [2.05, 4.69) is 40.1 Å². The first-order chi connectivity index (χ1) is 8.85. The maximum absolute atomic E-state index is 5.25. The molecule has 0 aromatic heterocycles. The Labute approximate surface area is 116 Å². The molecule has 4 heteroatoms. The molecular weight excluding hydrogens is 262 g/mol. The average molecular weight is 275 g/mol. The van der Waals surface area contributed by atoms with Gasteiger partial charge in [0.15, 0.2) is 0 Å². The summed E-state index contributed by atoms with van der Waals surface area (Å²) in [6.07, 6.45) is 0. The van der Waals surface area contributed by atoms with Gasteiger partial charge in [0, 0.05) is 16.3 Å². The number of nitrogens with zero attached hydrogens (tertiary/aromatic N) is 1. The van der Waals surface area contributed by atoms with Crippen molar-refractivity contribution in [2.75, 3.05) is 7.11 Å². The minimum Gasteiger partial charge on any atom is -0.497 e. The minimum atomic E-state index is 0.920. The number of ether oxygens (including phenoxy) is 1. The molecule has 0 fully saturated rings. The van der Waals surface area contributed by atoms with Gasteiger partial charge in [-0.25, -0.2) is 0 Å². The number of fused-ring (bicyclic) bond motifs is 1. The molecule has 1 aliphatic heterocycles. The lowest BCUT2D eigenvalue weighted by molar-refractivity contribution is 0.413. The SMILES string of the molecule is COc1ccc2c(c1)SN(Cc1ccccc1)S2. The van der Waals surface area contributed by atoms with Crippen LogP contribution in [0, 0.1) is 0 Å². The number of hydrogen-bond donors (Lipinski definition) is 0. The lowest BCUT2D eigenvalue weighted by atomic mass is 10.2. The molecule has 2 aromatic carbocycles. The van der Waals surface area contributed by atoms with E-state index in [0.29, 0.717) is 0 Å². The van der Waals surface area contributed by atoms with Gasteiger partial charge in [0.2, 0.25) is 0 Å². The molecule has 2 nitrogen and oxygen atoms in total. The van der Waals surface area contributed by atoms with Crippen LogP contribution in [-0.4, -0.2) is 10.8 Å². The van der Waals surface area contributed by atoms with Crippen LogP contribution in [0.1, 0.15) is 5.56 Å². The number of methoxy groups -OCH3 is 1. The van der Waals surface area contributed by atoms with Gasteiger partial charge in [-0.15, -0.1) is 0 Å². The molecule has 1 heterocycles. The fourth-order valence-electron chi connectivity index (χ4n) is 1.80. The van der Waals surface area contributed by atoms with E-state index in [1.807, 2.05) is 12.1 Å². The maximum atomic E-state index is 5.25. The third kappa shape index (κ3) is 2.51. The number of benzene rings is 2. The molecule has 0 amide bonds. The van der Waals surface area contributed by atoms with Crippen molar-refractivity contribution in [2.45, 2.75) is 16.3 Å². The predicted octanol–water partition coefficient (Wildman–Crippen LogP) is 4.23. The van der Waals surface area contributed by atoms with Gasteiger partial charge in [0.05, 0.1) is 7.11 Å². The highest BCUT2D eigenvalue weighted by atomic mass is 32.2. The second-order valence-corrected chi connectivity index (χ2v) is 6.33. The normalized spacial score (nSPS) is 14.5. The molecule has 0 atom stereocenters. The van der Waals surface area contributed by atoms with Crippen LogP contribution in [0.3, 0.4) is 0 Å². The van der Waals surface area contributed by atoms with Crippen LogP contribution in [0.5, 0.6) is 5.75 Å². The quantitative estimate of drug-likeness (QED) is 0.777. The van der Waals surface area contributed by atoms with Crippen LogP contribution in [0.4, 0.5) is 0 Å². The second-order valence-electron chi connectivity index (χ2n) is 3.97. The van der Waals surface area contributed by atoms with Gasteiger partial charge in [-0.05, 0) is 47.7 Å². The average Bonchev–Trinajstić information content (AvgIpc) is 2.80. The van der Waals surface area contributed by atoms with Crippen molar-refractivity contribution in [1.29, 1.82) is 0 Å². The Kier molecular flexibility index (Phi) is 3.50. The summed E-state index contributed by atoms with van der Waals surface area (Å²) in [7, 11) is 1.70. The van der Waals surface area contributed by atoms with E-state index >= 15 is 0 Å². The zero-order valence-corrected chi connectivity index (χ0v) is 11.6. The van der Waals surface area contributed by atoms with Gasteiger partial charge >= 0.3 is 0 Å². The van der Waals surface area contributed by atoms with Gasteiger partial charge < -0.3 is 4.74 Å². The zero-order valence-electron chi connectivity index (χ0n) is 10.00. The van der Waals surface area contributed by atoms with Crippen LogP contribution in [0.15, 0.2) is 58.3 Å². The molecule has 1 aliphatic rings. The summed E-state index contributed by atoms with van der Waals surface area (Å²) in [6, 6.07) is 16.8. The van der Waals surface area contributed by atoms with Crippen molar-refractivity contribution in [3.8, 4) is 5.75 Å². The van der Waals surface area contributed by atoms with Crippen LogP contribution in [0.25, 0.3) is 0 Å². The lowest BCUT2D eigenvalue weighted by Crippen LogP contribution is -2.01. The number of rotatable bonds is 3. The molecule has 0 unspecified atom stereocenters. The Bertz CT molecular complexity index is 545. The summed E-state index contributed by atoms with van der Waals surface area (Å²) >= 11 is 3.57. The molecular formula is C14H13NOS2. The highest BCUT2D eigenvalue weighted by molar-refractivity contribution is 8.14. The second kappa shape index (κ2) is 5.26. The Morgan fingerprint density at radius 2 is 1.78 bits per heavy atom. The monoisotopic (exact) mass is 275 g/mol. The summed E-state index contributed by atoms with van der Waals surface area (Å²) < 4.78 is 7.54. The first-order valence-electron chi connectivity index (χ1n) is 5.70. The molecule has 3 rings (SSSR count). The summed E-state index contributed by atoms with van der Waals surface area (Å²) in [4.78, 5) is 2.58. The van der Waals surface area contributed by atoms with E-state index in [-0.39, 0.29) is 0 Å². The van der Waals surface area contributed by atoms with Crippen molar-refractivity contribution in [2.24, 2.45) is 0 Å². The highest BCUT2D eigenvalue weighted by Gasteiger charge is 2.21. The third-order valence-corrected chi connectivity index (χ3v) is 5.03. The largest absolute Gasteiger partial charge is 0.497 e. The summed E-state index contributed by atoms with van der Waals surface area (Å²) in [5, 5.41) is 0. The Morgan fingerprint density at radius 3 is 2.56 bits per heavy atom.